The van der Waals surface area contributed by atoms with Gasteiger partial charge in [0.25, 0.3) is 0 Å². The number of carbonyl (C=O) groups excluding carboxylic acids is 2. The lowest BCUT2D eigenvalue weighted by Crippen LogP contribution is -2.52. The van der Waals surface area contributed by atoms with Gasteiger partial charge in [-0.3, -0.25) is 9.59 Å². The summed E-state index contributed by atoms with van der Waals surface area (Å²) in [5.41, 5.74) is 7.64. The number of likely N-dealkylation sites (tertiary alicyclic amines) is 1. The lowest BCUT2D eigenvalue weighted by molar-refractivity contribution is -0.140. The van der Waals surface area contributed by atoms with Crippen LogP contribution in [0.1, 0.15) is 43.7 Å². The third-order valence-corrected chi connectivity index (χ3v) is 6.06. The first-order chi connectivity index (χ1) is 13.0. The van der Waals surface area contributed by atoms with Crippen LogP contribution in [0.2, 0.25) is 5.02 Å². The average Bonchev–Trinajstić information content (AvgIpc) is 3.34. The van der Waals surface area contributed by atoms with Crippen LogP contribution in [-0.4, -0.2) is 41.9 Å². The van der Waals surface area contributed by atoms with Crippen LogP contribution in [0.25, 0.3) is 0 Å². The van der Waals surface area contributed by atoms with Crippen LogP contribution in [0.3, 0.4) is 0 Å². The number of nitrogens with one attached hydrogen (secondary N) is 2. The van der Waals surface area contributed by atoms with Crippen LogP contribution in [0.15, 0.2) is 18.2 Å². The smallest absolute Gasteiger partial charge is 0.243 e. The van der Waals surface area contributed by atoms with Gasteiger partial charge in [-0.15, -0.1) is 0 Å². The second kappa shape index (κ2) is 9.04. The summed E-state index contributed by atoms with van der Waals surface area (Å²) in [6, 6.07) is 4.96. The largest absolute Gasteiger partial charge is 0.350 e. The van der Waals surface area contributed by atoms with Crippen molar-refractivity contribution in [2.24, 2.45) is 11.7 Å². The van der Waals surface area contributed by atoms with Gasteiger partial charge in [0.05, 0.1) is 6.04 Å². The highest BCUT2D eigenvalue weighted by molar-refractivity contribution is 6.30. The normalized spacial score (nSPS) is 25.0. The molecule has 0 aliphatic carbocycles. The number of hydrogen-bond acceptors (Lipinski definition) is 4. The Kier molecular flexibility index (Phi) is 6.73. The van der Waals surface area contributed by atoms with Crippen LogP contribution in [0.4, 0.5) is 0 Å². The Bertz CT molecular complexity index is 697. The van der Waals surface area contributed by atoms with Crippen molar-refractivity contribution < 1.29 is 9.59 Å². The molecule has 0 aromatic heterocycles. The molecule has 27 heavy (non-hydrogen) atoms. The van der Waals surface area contributed by atoms with Crippen LogP contribution < -0.4 is 16.4 Å². The number of hydrogen-bond donors (Lipinski definition) is 3. The Balaban J connectivity index is 1.64. The average molecular weight is 393 g/mol. The van der Waals surface area contributed by atoms with E-state index in [1.165, 1.54) is 0 Å². The maximum atomic E-state index is 13.0. The molecule has 2 aliphatic heterocycles. The van der Waals surface area contributed by atoms with Crippen LogP contribution in [-0.2, 0) is 22.7 Å². The van der Waals surface area contributed by atoms with Crippen LogP contribution >= 0.6 is 11.6 Å². The Morgan fingerprint density at radius 1 is 1.33 bits per heavy atom. The highest BCUT2D eigenvalue weighted by Gasteiger charge is 2.40. The number of benzene rings is 1. The van der Waals surface area contributed by atoms with E-state index in [0.29, 0.717) is 37.0 Å². The van der Waals surface area contributed by atoms with Gasteiger partial charge >= 0.3 is 0 Å². The number of amides is 2. The van der Waals surface area contributed by atoms with Crippen molar-refractivity contribution in [2.75, 3.05) is 13.1 Å². The molecule has 6 nitrogen and oxygen atoms in total. The van der Waals surface area contributed by atoms with Gasteiger partial charge in [0.1, 0.15) is 6.04 Å². The van der Waals surface area contributed by atoms with E-state index in [0.717, 1.165) is 36.9 Å². The number of rotatable bonds is 6. The first-order valence-corrected chi connectivity index (χ1v) is 10.2. The molecular weight excluding hydrogens is 364 g/mol. The van der Waals surface area contributed by atoms with E-state index in [4.69, 9.17) is 17.3 Å². The summed E-state index contributed by atoms with van der Waals surface area (Å²) in [6.45, 7) is 4.39. The molecule has 3 atom stereocenters. The summed E-state index contributed by atoms with van der Waals surface area (Å²) in [4.78, 5) is 27.6. The molecule has 4 N–H and O–H groups in total. The van der Waals surface area contributed by atoms with Gasteiger partial charge in [0, 0.05) is 24.7 Å². The lowest BCUT2D eigenvalue weighted by Gasteiger charge is -2.29. The van der Waals surface area contributed by atoms with Gasteiger partial charge in [0.15, 0.2) is 0 Å². The number of nitrogens with zero attached hydrogens (tertiary/aromatic N) is 1. The standard InChI is InChI=1S/C20H29ClN4O2/c1-2-13-7-8-23-18(13)20(27)25-9-3-4-17(25)19(26)24-12-15-10-16(21)6-5-14(15)11-22/h5-6,10,13,17-18,23H,2-4,7-9,11-12,22H2,1H3,(H,24,26)/t13?,17-,18-/m0/s1. The van der Waals surface area contributed by atoms with Crippen LogP contribution in [0.5, 0.6) is 0 Å². The fraction of sp³-hybridized carbons (Fsp3) is 0.600. The maximum absolute atomic E-state index is 13.0. The summed E-state index contributed by atoms with van der Waals surface area (Å²) < 4.78 is 0. The van der Waals surface area contributed by atoms with Crippen molar-refractivity contribution in [1.82, 2.24) is 15.5 Å². The van der Waals surface area contributed by atoms with E-state index in [1.807, 2.05) is 12.1 Å². The Labute approximate surface area is 165 Å². The zero-order valence-electron chi connectivity index (χ0n) is 15.8. The minimum absolute atomic E-state index is 0.0717. The van der Waals surface area contributed by atoms with Crippen molar-refractivity contribution in [2.45, 2.75) is 57.8 Å². The van der Waals surface area contributed by atoms with Gasteiger partial charge in [-0.2, -0.15) is 0 Å². The van der Waals surface area contributed by atoms with Gasteiger partial charge in [-0.1, -0.05) is 31.0 Å². The van der Waals surface area contributed by atoms with Crippen molar-refractivity contribution in [3.05, 3.63) is 34.3 Å². The summed E-state index contributed by atoms with van der Waals surface area (Å²) in [5, 5.41) is 6.92. The second-order valence-corrected chi connectivity index (χ2v) is 7.85. The topological polar surface area (TPSA) is 87.5 Å². The van der Waals surface area contributed by atoms with Crippen LogP contribution in [0, 0.1) is 5.92 Å². The van der Waals surface area contributed by atoms with E-state index < -0.39 is 6.04 Å². The Hall–Kier alpha value is -1.63. The summed E-state index contributed by atoms with van der Waals surface area (Å²) in [7, 11) is 0. The zero-order valence-corrected chi connectivity index (χ0v) is 16.6. The molecule has 2 amide bonds. The fourth-order valence-electron chi connectivity index (χ4n) is 4.23. The lowest BCUT2D eigenvalue weighted by atomic mass is 9.96. The minimum atomic E-state index is -0.391. The third kappa shape index (κ3) is 4.45. The van der Waals surface area contributed by atoms with Crippen molar-refractivity contribution in [3.8, 4) is 0 Å². The molecule has 2 saturated heterocycles. The molecule has 2 aliphatic rings. The Morgan fingerprint density at radius 3 is 2.89 bits per heavy atom. The SMILES string of the molecule is CCC1CCN[C@@H]1C(=O)N1CCC[C@H]1C(=O)NCc1cc(Cl)ccc1CN. The fourth-order valence-corrected chi connectivity index (χ4v) is 4.42. The molecule has 0 saturated carbocycles. The number of halogens is 1. The monoisotopic (exact) mass is 392 g/mol. The highest BCUT2D eigenvalue weighted by Crippen LogP contribution is 2.25. The molecule has 0 radical (unpaired) electrons. The van der Waals surface area contributed by atoms with Gasteiger partial charge < -0.3 is 21.3 Å². The molecule has 2 fully saturated rings. The van der Waals surface area contributed by atoms with E-state index in [2.05, 4.69) is 17.6 Å². The van der Waals surface area contributed by atoms with E-state index >= 15 is 0 Å². The second-order valence-electron chi connectivity index (χ2n) is 7.41. The Morgan fingerprint density at radius 2 is 2.15 bits per heavy atom. The molecule has 0 spiro atoms. The van der Waals surface area contributed by atoms with E-state index in [1.54, 1.807) is 11.0 Å². The van der Waals surface area contributed by atoms with Crippen molar-refractivity contribution in [1.29, 1.82) is 0 Å². The third-order valence-electron chi connectivity index (χ3n) is 5.82. The van der Waals surface area contributed by atoms with Gasteiger partial charge in [-0.05, 0) is 55.0 Å². The van der Waals surface area contributed by atoms with Gasteiger partial charge in [0.2, 0.25) is 11.8 Å². The van der Waals surface area contributed by atoms with E-state index in [9.17, 15) is 9.59 Å². The summed E-state index contributed by atoms with van der Waals surface area (Å²) >= 11 is 6.07. The van der Waals surface area contributed by atoms with Crippen molar-refractivity contribution >= 4 is 23.4 Å². The quantitative estimate of drug-likeness (QED) is 0.688. The number of carbonyl (C=O) groups is 2. The summed E-state index contributed by atoms with van der Waals surface area (Å²) in [5.74, 6) is 0.331. The maximum Gasteiger partial charge on any atom is 0.243 e. The molecule has 1 aromatic rings. The molecule has 1 unspecified atom stereocenters. The first-order valence-electron chi connectivity index (χ1n) is 9.84. The molecule has 0 bridgehead atoms. The molecule has 148 valence electrons. The number of nitrogens with two attached hydrogens (primary N) is 1. The molecule has 7 heteroatoms. The zero-order chi connectivity index (χ0) is 19.4. The molecule has 1 aromatic carbocycles. The minimum Gasteiger partial charge on any atom is -0.350 e. The van der Waals surface area contributed by atoms with Crippen molar-refractivity contribution in [3.63, 3.8) is 0 Å². The predicted octanol–water partition coefficient (Wildman–Crippen LogP) is 1.79. The summed E-state index contributed by atoms with van der Waals surface area (Å²) in [6.07, 6.45) is 3.57. The first kappa shape index (κ1) is 20.1. The molecule has 3 rings (SSSR count). The highest BCUT2D eigenvalue weighted by atomic mass is 35.5. The molecule has 2 heterocycles. The van der Waals surface area contributed by atoms with E-state index in [-0.39, 0.29) is 17.9 Å². The predicted molar refractivity (Wildman–Crippen MR) is 106 cm³/mol. The molecular formula is C20H29ClN4O2. The van der Waals surface area contributed by atoms with Gasteiger partial charge in [-0.25, -0.2) is 0 Å².